The molecule has 1 aromatic heterocycles. The predicted octanol–water partition coefficient (Wildman–Crippen LogP) is 3.05. The van der Waals surface area contributed by atoms with Crippen LogP contribution < -0.4 is 5.56 Å². The lowest BCUT2D eigenvalue weighted by Gasteiger charge is -2.13. The summed E-state index contributed by atoms with van der Waals surface area (Å²) in [6, 6.07) is 8.45. The quantitative estimate of drug-likeness (QED) is 0.747. The standard InChI is InChI=1S/C14H13IN2OS/c1-9-13(15)14(18)17(8-16-9)6-10-7-19-12-5-3-2-4-11(10)12/h2-5,8,10H,6-7H2,1H3. The third kappa shape index (κ3) is 2.45. The van der Waals surface area contributed by atoms with Gasteiger partial charge in [-0.15, -0.1) is 11.8 Å². The summed E-state index contributed by atoms with van der Waals surface area (Å²) in [5.41, 5.74) is 2.24. The summed E-state index contributed by atoms with van der Waals surface area (Å²) in [5.74, 6) is 1.44. The molecule has 3 nitrogen and oxygen atoms in total. The van der Waals surface area contributed by atoms with E-state index in [0.29, 0.717) is 12.5 Å². The van der Waals surface area contributed by atoms with Gasteiger partial charge >= 0.3 is 0 Å². The number of aromatic nitrogens is 2. The van der Waals surface area contributed by atoms with Crippen molar-refractivity contribution in [3.05, 3.63) is 55.8 Å². The summed E-state index contributed by atoms with van der Waals surface area (Å²) in [6.45, 7) is 2.58. The van der Waals surface area contributed by atoms with Gasteiger partial charge < -0.3 is 0 Å². The topological polar surface area (TPSA) is 34.9 Å². The minimum Gasteiger partial charge on any atom is -0.298 e. The first-order valence-corrected chi connectivity index (χ1v) is 8.16. The molecule has 2 heterocycles. The molecular formula is C14H13IN2OS. The van der Waals surface area contributed by atoms with Crippen LogP contribution in [0.5, 0.6) is 0 Å². The van der Waals surface area contributed by atoms with E-state index in [1.165, 1.54) is 10.5 Å². The number of rotatable bonds is 2. The lowest BCUT2D eigenvalue weighted by atomic mass is 10.0. The monoisotopic (exact) mass is 384 g/mol. The van der Waals surface area contributed by atoms with Crippen molar-refractivity contribution >= 4 is 34.4 Å². The predicted molar refractivity (Wildman–Crippen MR) is 85.9 cm³/mol. The summed E-state index contributed by atoms with van der Waals surface area (Å²) in [4.78, 5) is 17.8. The first-order chi connectivity index (χ1) is 9.16. The number of nitrogens with zero attached hydrogens (tertiary/aromatic N) is 2. The van der Waals surface area contributed by atoms with E-state index in [4.69, 9.17) is 0 Å². The molecule has 0 fully saturated rings. The van der Waals surface area contributed by atoms with E-state index in [1.807, 2.05) is 18.7 Å². The summed E-state index contributed by atoms with van der Waals surface area (Å²) < 4.78 is 2.46. The van der Waals surface area contributed by atoms with E-state index in [0.717, 1.165) is 15.0 Å². The number of hydrogen-bond acceptors (Lipinski definition) is 3. The molecule has 1 unspecified atom stereocenters. The maximum atomic E-state index is 12.2. The smallest absolute Gasteiger partial charge is 0.267 e. The van der Waals surface area contributed by atoms with Gasteiger partial charge in [-0.2, -0.15) is 0 Å². The van der Waals surface area contributed by atoms with Gasteiger partial charge in [-0.1, -0.05) is 18.2 Å². The first kappa shape index (κ1) is 13.2. The van der Waals surface area contributed by atoms with Gasteiger partial charge in [-0.3, -0.25) is 9.36 Å². The van der Waals surface area contributed by atoms with Gasteiger partial charge in [-0.05, 0) is 41.1 Å². The fourth-order valence-corrected chi connectivity index (χ4v) is 3.99. The van der Waals surface area contributed by atoms with Crippen molar-refractivity contribution in [1.29, 1.82) is 0 Å². The Morgan fingerprint density at radius 3 is 3.11 bits per heavy atom. The second-order valence-electron chi connectivity index (χ2n) is 4.65. The molecule has 1 aromatic carbocycles. The summed E-state index contributed by atoms with van der Waals surface area (Å²) in [6.07, 6.45) is 1.67. The third-order valence-corrected chi connectivity index (χ3v) is 5.87. The highest BCUT2D eigenvalue weighted by Gasteiger charge is 2.23. The normalized spacial score (nSPS) is 17.5. The second kappa shape index (κ2) is 5.28. The number of thioether (sulfide) groups is 1. The van der Waals surface area contributed by atoms with Crippen LogP contribution in [0.4, 0.5) is 0 Å². The Hall–Kier alpha value is -0.820. The molecule has 0 N–H and O–H groups in total. The molecule has 0 spiro atoms. The van der Waals surface area contributed by atoms with E-state index in [-0.39, 0.29) is 5.56 Å². The highest BCUT2D eigenvalue weighted by molar-refractivity contribution is 14.1. The molecule has 1 atom stereocenters. The fraction of sp³-hybridized carbons (Fsp3) is 0.286. The Morgan fingerprint density at radius 1 is 1.47 bits per heavy atom. The minimum atomic E-state index is 0.0717. The number of hydrogen-bond donors (Lipinski definition) is 0. The average Bonchev–Trinajstić information content (AvgIpc) is 2.83. The number of aryl methyl sites for hydroxylation is 1. The van der Waals surface area contributed by atoms with E-state index in [9.17, 15) is 4.79 Å². The lowest BCUT2D eigenvalue weighted by molar-refractivity contribution is 0.574. The van der Waals surface area contributed by atoms with Crippen molar-refractivity contribution in [1.82, 2.24) is 9.55 Å². The highest BCUT2D eigenvalue weighted by Crippen LogP contribution is 2.39. The molecule has 19 heavy (non-hydrogen) atoms. The molecule has 0 bridgehead atoms. The summed E-state index contributed by atoms with van der Waals surface area (Å²) in [5, 5.41) is 0. The SMILES string of the molecule is Cc1ncn(CC2CSc3ccccc32)c(=O)c1I. The maximum absolute atomic E-state index is 12.2. The van der Waals surface area contributed by atoms with Crippen LogP contribution >= 0.6 is 34.4 Å². The lowest BCUT2D eigenvalue weighted by Crippen LogP contribution is -2.26. The molecule has 0 amide bonds. The molecule has 3 rings (SSSR count). The zero-order valence-electron chi connectivity index (χ0n) is 10.5. The van der Waals surface area contributed by atoms with Gasteiger partial charge in [-0.25, -0.2) is 4.98 Å². The molecule has 0 saturated heterocycles. The Labute approximate surface area is 129 Å². The fourth-order valence-electron chi connectivity index (χ4n) is 2.29. The van der Waals surface area contributed by atoms with Crippen molar-refractivity contribution in [2.24, 2.45) is 0 Å². The van der Waals surface area contributed by atoms with Gasteiger partial charge in [0.1, 0.15) is 0 Å². The Balaban J connectivity index is 1.92. The molecule has 0 radical (unpaired) electrons. The number of fused-ring (bicyclic) bond motifs is 1. The second-order valence-corrected chi connectivity index (χ2v) is 6.79. The maximum Gasteiger partial charge on any atom is 0.267 e. The highest BCUT2D eigenvalue weighted by atomic mass is 127. The van der Waals surface area contributed by atoms with Crippen LogP contribution in [0.3, 0.4) is 0 Å². The van der Waals surface area contributed by atoms with Crippen molar-refractivity contribution < 1.29 is 0 Å². The van der Waals surface area contributed by atoms with Gasteiger partial charge in [0.05, 0.1) is 15.6 Å². The number of benzene rings is 1. The van der Waals surface area contributed by atoms with Crippen molar-refractivity contribution in [2.45, 2.75) is 24.3 Å². The van der Waals surface area contributed by atoms with Crippen LogP contribution in [0.2, 0.25) is 0 Å². The Morgan fingerprint density at radius 2 is 2.26 bits per heavy atom. The summed E-state index contributed by atoms with van der Waals surface area (Å²) >= 11 is 3.95. The van der Waals surface area contributed by atoms with E-state index >= 15 is 0 Å². The molecule has 0 aliphatic carbocycles. The van der Waals surface area contributed by atoms with Crippen LogP contribution in [0.1, 0.15) is 17.2 Å². The molecule has 5 heteroatoms. The molecule has 98 valence electrons. The van der Waals surface area contributed by atoms with Crippen LogP contribution in [0, 0.1) is 10.5 Å². The Kier molecular flexibility index (Phi) is 3.66. The largest absolute Gasteiger partial charge is 0.298 e. The van der Waals surface area contributed by atoms with Gasteiger partial charge in [0.2, 0.25) is 0 Å². The van der Waals surface area contributed by atoms with E-state index in [1.54, 1.807) is 10.9 Å². The number of halogens is 1. The van der Waals surface area contributed by atoms with Crippen molar-refractivity contribution in [3.8, 4) is 0 Å². The molecular weight excluding hydrogens is 371 g/mol. The van der Waals surface area contributed by atoms with Crippen LogP contribution in [-0.2, 0) is 6.54 Å². The van der Waals surface area contributed by atoms with Gasteiger partial charge in [0.15, 0.2) is 0 Å². The molecule has 1 aliphatic rings. The first-order valence-electron chi connectivity index (χ1n) is 6.10. The Bertz CT molecular complexity index is 683. The molecule has 0 saturated carbocycles. The van der Waals surface area contributed by atoms with E-state index in [2.05, 4.69) is 51.8 Å². The summed E-state index contributed by atoms with van der Waals surface area (Å²) in [7, 11) is 0. The van der Waals surface area contributed by atoms with E-state index < -0.39 is 0 Å². The van der Waals surface area contributed by atoms with Gasteiger partial charge in [0, 0.05) is 23.1 Å². The minimum absolute atomic E-state index is 0.0717. The molecule has 1 aliphatic heterocycles. The van der Waals surface area contributed by atoms with Crippen molar-refractivity contribution in [3.63, 3.8) is 0 Å². The zero-order chi connectivity index (χ0) is 13.4. The molecule has 2 aromatic rings. The van der Waals surface area contributed by atoms with Crippen LogP contribution in [0.15, 0.2) is 40.3 Å². The van der Waals surface area contributed by atoms with Gasteiger partial charge in [0.25, 0.3) is 5.56 Å². The van der Waals surface area contributed by atoms with Crippen LogP contribution in [0.25, 0.3) is 0 Å². The zero-order valence-corrected chi connectivity index (χ0v) is 13.4. The van der Waals surface area contributed by atoms with Crippen molar-refractivity contribution in [2.75, 3.05) is 5.75 Å². The third-order valence-electron chi connectivity index (χ3n) is 3.37. The average molecular weight is 384 g/mol. The van der Waals surface area contributed by atoms with Crippen LogP contribution in [-0.4, -0.2) is 15.3 Å².